The van der Waals surface area contributed by atoms with Crippen LogP contribution in [0.25, 0.3) is 0 Å². The molecule has 0 unspecified atom stereocenters. The first kappa shape index (κ1) is 22.9. The second-order valence-electron chi connectivity index (χ2n) is 7.61. The minimum atomic E-state index is -0.225. The van der Waals surface area contributed by atoms with Crippen LogP contribution in [0.4, 0.5) is 10.6 Å². The molecule has 0 spiro atoms. The molecule has 2 aliphatic heterocycles. The molecule has 1 aromatic heterocycles. The number of piperidine rings is 1. The van der Waals surface area contributed by atoms with Gasteiger partial charge < -0.3 is 19.3 Å². The van der Waals surface area contributed by atoms with Crippen LogP contribution < -0.4 is 9.64 Å². The highest BCUT2D eigenvalue weighted by Gasteiger charge is 2.25. The third kappa shape index (κ3) is 6.86. The van der Waals surface area contributed by atoms with Crippen molar-refractivity contribution in [2.75, 3.05) is 57.9 Å². The molecule has 3 heterocycles. The number of likely N-dealkylation sites (tertiary alicyclic amines) is 1. The van der Waals surface area contributed by atoms with Crippen LogP contribution >= 0.6 is 12.2 Å². The standard InChI is InChI=1S/C19H31N5O5S/c1-15(2)28-19(25)23-6-4-16(5-7-23)14-27-18-13-20-17(12-21-18)22-8-10-24(11-9-22)30-29-26-3/h12-13,15-16H,4-11,14H2,1-3H3. The largest absolute Gasteiger partial charge is 0.476 e. The lowest BCUT2D eigenvalue weighted by Gasteiger charge is -2.33. The predicted molar refractivity (Wildman–Crippen MR) is 113 cm³/mol. The number of nitrogens with zero attached hydrogens (tertiary/aromatic N) is 5. The van der Waals surface area contributed by atoms with Gasteiger partial charge in [0.2, 0.25) is 5.88 Å². The highest BCUT2D eigenvalue weighted by atomic mass is 32.2. The van der Waals surface area contributed by atoms with Gasteiger partial charge in [-0.15, -0.1) is 4.33 Å². The molecule has 0 aromatic carbocycles. The van der Waals surface area contributed by atoms with Gasteiger partial charge >= 0.3 is 6.09 Å². The maximum atomic E-state index is 12.0. The van der Waals surface area contributed by atoms with Crippen molar-refractivity contribution in [1.29, 1.82) is 0 Å². The first-order chi connectivity index (χ1) is 14.5. The van der Waals surface area contributed by atoms with E-state index in [1.54, 1.807) is 17.3 Å². The van der Waals surface area contributed by atoms with E-state index in [1.807, 2.05) is 13.8 Å². The Hall–Kier alpha value is -1.82. The Bertz CT molecular complexity index is 649. The molecule has 0 N–H and O–H groups in total. The molecule has 0 radical (unpaired) electrons. The summed E-state index contributed by atoms with van der Waals surface area (Å²) in [5.74, 6) is 1.77. The van der Waals surface area contributed by atoms with Crippen molar-refractivity contribution < 1.29 is 23.5 Å². The van der Waals surface area contributed by atoms with E-state index < -0.39 is 0 Å². The molecule has 1 amide bonds. The van der Waals surface area contributed by atoms with Crippen LogP contribution in [0.5, 0.6) is 5.88 Å². The van der Waals surface area contributed by atoms with Gasteiger partial charge in [-0.2, -0.15) is 0 Å². The summed E-state index contributed by atoms with van der Waals surface area (Å²) in [6.45, 7) is 9.07. The molecule has 2 fully saturated rings. The second kappa shape index (κ2) is 11.5. The van der Waals surface area contributed by atoms with Gasteiger partial charge in [0, 0.05) is 39.3 Å². The Balaban J connectivity index is 1.37. The van der Waals surface area contributed by atoms with E-state index in [9.17, 15) is 4.79 Å². The zero-order chi connectivity index (χ0) is 21.3. The van der Waals surface area contributed by atoms with E-state index in [0.717, 1.165) is 44.8 Å². The quantitative estimate of drug-likeness (QED) is 0.259. The fourth-order valence-corrected chi connectivity index (χ4v) is 3.83. The molecule has 1 aromatic rings. The maximum absolute atomic E-state index is 12.0. The molecule has 2 saturated heterocycles. The zero-order valence-corrected chi connectivity index (χ0v) is 18.7. The number of carbonyl (C=O) groups excluding carboxylic acids is 1. The number of anilines is 1. The van der Waals surface area contributed by atoms with Crippen molar-refractivity contribution in [1.82, 2.24) is 19.2 Å². The van der Waals surface area contributed by atoms with E-state index in [1.165, 1.54) is 19.3 Å². The molecule has 0 atom stereocenters. The average molecular weight is 442 g/mol. The Labute approximate surface area is 182 Å². The summed E-state index contributed by atoms with van der Waals surface area (Å²) in [6, 6.07) is 0. The van der Waals surface area contributed by atoms with Crippen LogP contribution in [-0.2, 0) is 14.0 Å². The number of piperazine rings is 1. The number of ether oxygens (including phenoxy) is 2. The molecule has 30 heavy (non-hydrogen) atoms. The predicted octanol–water partition coefficient (Wildman–Crippen LogP) is 2.38. The summed E-state index contributed by atoms with van der Waals surface area (Å²) >= 11 is 1.22. The lowest BCUT2D eigenvalue weighted by Crippen LogP contribution is -2.43. The summed E-state index contributed by atoms with van der Waals surface area (Å²) in [6.07, 6.45) is 4.92. The van der Waals surface area contributed by atoms with Crippen molar-refractivity contribution >= 4 is 24.1 Å². The lowest BCUT2D eigenvalue weighted by molar-refractivity contribution is -0.163. The summed E-state index contributed by atoms with van der Waals surface area (Å²) in [5, 5.41) is 0. The van der Waals surface area contributed by atoms with Gasteiger partial charge in [-0.25, -0.2) is 24.0 Å². The minimum absolute atomic E-state index is 0.0902. The van der Waals surface area contributed by atoms with E-state index in [2.05, 4.69) is 24.1 Å². The first-order valence-electron chi connectivity index (χ1n) is 10.3. The van der Waals surface area contributed by atoms with Crippen molar-refractivity contribution in [3.63, 3.8) is 0 Å². The van der Waals surface area contributed by atoms with Crippen LogP contribution in [0.2, 0.25) is 0 Å². The Morgan fingerprint density at radius 3 is 2.47 bits per heavy atom. The van der Waals surface area contributed by atoms with E-state index in [-0.39, 0.29) is 12.2 Å². The summed E-state index contributed by atoms with van der Waals surface area (Å²) in [7, 11) is 1.50. The van der Waals surface area contributed by atoms with Crippen LogP contribution in [0.3, 0.4) is 0 Å². The minimum Gasteiger partial charge on any atom is -0.476 e. The van der Waals surface area contributed by atoms with Crippen molar-refractivity contribution in [3.8, 4) is 5.88 Å². The number of rotatable bonds is 8. The number of hydrogen-bond donors (Lipinski definition) is 0. The SMILES string of the molecule is COOSN1CCN(c2cnc(OCC3CCN(C(=O)OC(C)C)CC3)cn2)CC1. The summed E-state index contributed by atoms with van der Waals surface area (Å²) in [4.78, 5) is 29.4. The molecule has 0 bridgehead atoms. The molecule has 0 aliphatic carbocycles. The normalized spacial score (nSPS) is 18.7. The van der Waals surface area contributed by atoms with Crippen LogP contribution in [-0.4, -0.2) is 84.4 Å². The molecular formula is C19H31N5O5S. The van der Waals surface area contributed by atoms with Gasteiger partial charge in [0.05, 0.1) is 32.2 Å². The molecule has 2 aliphatic rings. The highest BCUT2D eigenvalue weighted by Crippen LogP contribution is 2.21. The van der Waals surface area contributed by atoms with Gasteiger partial charge in [-0.05, 0) is 32.6 Å². The molecule has 10 nitrogen and oxygen atoms in total. The fraction of sp³-hybridized carbons (Fsp3) is 0.737. The van der Waals surface area contributed by atoms with Gasteiger partial charge in [0.25, 0.3) is 0 Å². The number of hydrogen-bond acceptors (Lipinski definition) is 10. The van der Waals surface area contributed by atoms with Crippen LogP contribution in [0.15, 0.2) is 12.4 Å². The average Bonchev–Trinajstić information content (AvgIpc) is 2.77. The van der Waals surface area contributed by atoms with Crippen LogP contribution in [0, 0.1) is 5.92 Å². The van der Waals surface area contributed by atoms with Gasteiger partial charge in [-0.3, -0.25) is 0 Å². The van der Waals surface area contributed by atoms with E-state index >= 15 is 0 Å². The topological polar surface area (TPSA) is 89.5 Å². The number of aromatic nitrogens is 2. The first-order valence-corrected chi connectivity index (χ1v) is 11.0. The van der Waals surface area contributed by atoms with E-state index in [4.69, 9.17) is 13.8 Å². The Morgan fingerprint density at radius 2 is 1.87 bits per heavy atom. The molecule has 168 valence electrons. The third-order valence-corrected chi connectivity index (χ3v) is 5.83. The summed E-state index contributed by atoms with van der Waals surface area (Å²) < 4.78 is 18.1. The molecule has 11 heteroatoms. The second-order valence-corrected chi connectivity index (χ2v) is 8.41. The van der Waals surface area contributed by atoms with Gasteiger partial charge in [0.15, 0.2) is 0 Å². The summed E-state index contributed by atoms with van der Waals surface area (Å²) in [5.41, 5.74) is 0. The Kier molecular flexibility index (Phi) is 8.79. The zero-order valence-electron chi connectivity index (χ0n) is 17.9. The number of carbonyl (C=O) groups is 1. The fourth-order valence-electron chi connectivity index (χ4n) is 3.37. The number of amides is 1. The smallest absolute Gasteiger partial charge is 0.410 e. The third-order valence-electron chi connectivity index (χ3n) is 5.06. The Morgan fingerprint density at radius 1 is 1.13 bits per heavy atom. The molecule has 0 saturated carbocycles. The molecule has 3 rings (SSSR count). The lowest BCUT2D eigenvalue weighted by atomic mass is 9.98. The van der Waals surface area contributed by atoms with Crippen molar-refractivity contribution in [2.45, 2.75) is 32.8 Å². The highest BCUT2D eigenvalue weighted by molar-refractivity contribution is 7.92. The van der Waals surface area contributed by atoms with Crippen LogP contribution in [0.1, 0.15) is 26.7 Å². The van der Waals surface area contributed by atoms with Crippen molar-refractivity contribution in [2.24, 2.45) is 5.92 Å². The van der Waals surface area contributed by atoms with Gasteiger partial charge in [0.1, 0.15) is 18.0 Å². The van der Waals surface area contributed by atoms with Crippen molar-refractivity contribution in [3.05, 3.63) is 12.4 Å². The van der Waals surface area contributed by atoms with Gasteiger partial charge in [-0.1, -0.05) is 0 Å². The monoisotopic (exact) mass is 441 g/mol. The maximum Gasteiger partial charge on any atom is 0.410 e. The molecular weight excluding hydrogens is 410 g/mol. The van der Waals surface area contributed by atoms with E-state index in [0.29, 0.717) is 31.5 Å².